The number of amides is 9. The van der Waals surface area contributed by atoms with E-state index in [0.717, 1.165) is 28.7 Å². The number of halogens is 2. The molecular formula is C62H75F2N11O10. The Morgan fingerprint density at radius 3 is 2.29 bits per heavy atom. The summed E-state index contributed by atoms with van der Waals surface area (Å²) in [5.41, 5.74) is 6.87. The summed E-state index contributed by atoms with van der Waals surface area (Å²) in [6.07, 6.45) is 8.77. The molecule has 21 nitrogen and oxygen atoms in total. The molecule has 4 heterocycles. The largest absolute Gasteiger partial charge is 0.445 e. The molecule has 3 aromatic carbocycles. The number of ether oxygens (including phenoxy) is 2. The zero-order chi connectivity index (χ0) is 61.2. The molecule has 0 saturated carbocycles. The van der Waals surface area contributed by atoms with Crippen molar-refractivity contribution in [3.63, 3.8) is 0 Å². The van der Waals surface area contributed by atoms with Gasteiger partial charge in [-0.15, -0.1) is 0 Å². The molecule has 9 amide bonds. The maximum atomic E-state index is 15.4. The highest BCUT2D eigenvalue weighted by molar-refractivity contribution is 6.12. The van der Waals surface area contributed by atoms with Gasteiger partial charge in [-0.25, -0.2) is 23.4 Å². The number of unbranched alkanes of at least 4 members (excludes halogenated alkanes) is 2. The third-order valence-electron chi connectivity index (χ3n) is 14.6. The van der Waals surface area contributed by atoms with E-state index in [1.165, 1.54) is 18.3 Å². The van der Waals surface area contributed by atoms with Gasteiger partial charge in [0.05, 0.1) is 36.6 Å². The normalized spacial score (nSPS) is 15.3. The van der Waals surface area contributed by atoms with Gasteiger partial charge < -0.3 is 50.8 Å². The summed E-state index contributed by atoms with van der Waals surface area (Å²) in [4.78, 5) is 118. The number of aromatic nitrogens is 3. The van der Waals surface area contributed by atoms with Gasteiger partial charge in [0.1, 0.15) is 36.1 Å². The van der Waals surface area contributed by atoms with Crippen molar-refractivity contribution in [3.8, 4) is 11.3 Å². The lowest BCUT2D eigenvalue weighted by atomic mass is 9.84. The number of benzene rings is 3. The molecule has 0 unspecified atom stereocenters. The third kappa shape index (κ3) is 18.1. The zero-order valence-corrected chi connectivity index (χ0v) is 48.6. The number of imide groups is 1. The second-order valence-corrected chi connectivity index (χ2v) is 22.4. The van der Waals surface area contributed by atoms with Crippen LogP contribution in [-0.2, 0) is 46.6 Å². The highest BCUT2D eigenvalue weighted by Crippen LogP contribution is 2.40. The molecule has 4 atom stereocenters. The van der Waals surface area contributed by atoms with E-state index in [9.17, 15) is 42.7 Å². The number of imidazole rings is 1. The van der Waals surface area contributed by atoms with Gasteiger partial charge in [0, 0.05) is 81.1 Å². The molecule has 0 radical (unpaired) electrons. The number of rotatable bonds is 27. The van der Waals surface area contributed by atoms with Crippen LogP contribution < -0.4 is 27.0 Å². The summed E-state index contributed by atoms with van der Waals surface area (Å²) in [5.74, 6) is -3.87. The highest BCUT2D eigenvalue weighted by atomic mass is 19.1. The van der Waals surface area contributed by atoms with Crippen LogP contribution in [0.15, 0.2) is 116 Å². The molecule has 1 saturated heterocycles. The summed E-state index contributed by atoms with van der Waals surface area (Å²) < 4.78 is 43.8. The Balaban J connectivity index is 1.00. The Kier molecular flexibility index (Phi) is 22.6. The molecule has 0 aliphatic carbocycles. The van der Waals surface area contributed by atoms with Crippen molar-refractivity contribution in [1.82, 2.24) is 45.2 Å². The number of nitrogens with zero attached hydrogens (tertiary/aromatic N) is 6. The first-order valence-corrected chi connectivity index (χ1v) is 28.5. The van der Waals surface area contributed by atoms with Crippen molar-refractivity contribution in [1.29, 1.82) is 0 Å². The van der Waals surface area contributed by atoms with Crippen LogP contribution in [0.2, 0.25) is 0 Å². The Morgan fingerprint density at radius 2 is 1.61 bits per heavy atom. The quantitative estimate of drug-likeness (QED) is 0.0254. The van der Waals surface area contributed by atoms with Crippen molar-refractivity contribution in [2.24, 2.45) is 17.1 Å². The third-order valence-corrected chi connectivity index (χ3v) is 14.6. The van der Waals surface area contributed by atoms with Gasteiger partial charge >= 0.3 is 12.1 Å². The smallest absolute Gasteiger partial charge is 0.410 e. The summed E-state index contributed by atoms with van der Waals surface area (Å²) in [7, 11) is 0. The first kappa shape index (κ1) is 63.7. The van der Waals surface area contributed by atoms with Crippen LogP contribution in [0.4, 0.5) is 24.1 Å². The number of urea groups is 1. The topological polar surface area (TPSA) is 270 Å². The predicted octanol–water partition coefficient (Wildman–Crippen LogP) is 7.43. The summed E-state index contributed by atoms with van der Waals surface area (Å²) in [6, 6.07) is 18.5. The van der Waals surface area contributed by atoms with Crippen LogP contribution >= 0.6 is 0 Å². The number of carbonyl (C=O) groups is 8. The number of anilines is 1. The van der Waals surface area contributed by atoms with E-state index in [1.807, 2.05) is 55.7 Å². The summed E-state index contributed by atoms with van der Waals surface area (Å²) in [6.45, 7) is 10.6. The molecule has 1 fully saturated rings. The second-order valence-electron chi connectivity index (χ2n) is 22.4. The standard InChI is InChI=1S/C62H75F2N11O10/c1-40(2)54(71-51(76)18-10-7-11-30-74-52(77)25-26-53(74)78)58(80)70-49(17-13-29-67-60(65)82)57(79)68-45-22-19-42(20-23-45)38-85-61(83)73-32-33-84-39-46(73)27-31-75(59(81)43-16-12-28-66-35-43)55(62(3,4)5)56-69-50(47-34-44(63)21-24-48(47)64)37-72(56)36-41-14-8-6-9-15-41/h6,8-9,12,14-16,19-26,28,34-35,37,40,46,49,54-55H,7,10-11,13,17-18,27,29-33,36,38-39H2,1-5H3,(H,68,79)(H,70,80)(H,71,76)(H3,65,67,82)/t46-,49-,54-,55-/m0/s1. The lowest BCUT2D eigenvalue weighted by molar-refractivity contribution is -0.137. The van der Waals surface area contributed by atoms with Gasteiger partial charge in [-0.05, 0) is 97.0 Å². The fourth-order valence-electron chi connectivity index (χ4n) is 10.2. The molecule has 0 spiro atoms. The van der Waals surface area contributed by atoms with Crippen molar-refractivity contribution in [2.75, 3.05) is 44.7 Å². The van der Waals surface area contributed by atoms with Gasteiger partial charge in [-0.1, -0.05) is 83.5 Å². The van der Waals surface area contributed by atoms with Crippen LogP contribution in [0.5, 0.6) is 0 Å². The minimum atomic E-state index is -1.10. The number of primary amides is 1. The first-order chi connectivity index (χ1) is 40.7. The number of hydrogen-bond donors (Lipinski definition) is 5. The predicted molar refractivity (Wildman–Crippen MR) is 312 cm³/mol. The van der Waals surface area contributed by atoms with Gasteiger partial charge in [0.2, 0.25) is 17.7 Å². The molecule has 2 aromatic heterocycles. The van der Waals surface area contributed by atoms with Crippen LogP contribution in [-0.4, -0.2) is 134 Å². The van der Waals surface area contributed by atoms with Crippen molar-refractivity contribution < 1.29 is 56.6 Å². The van der Waals surface area contributed by atoms with E-state index < -0.39 is 65.2 Å². The molecule has 7 rings (SSSR count). The van der Waals surface area contributed by atoms with Crippen LogP contribution in [0.25, 0.3) is 11.3 Å². The number of hydrogen-bond acceptors (Lipinski definition) is 12. The van der Waals surface area contributed by atoms with E-state index in [-0.39, 0.29) is 112 Å². The average molecular weight is 1170 g/mol. The van der Waals surface area contributed by atoms with Gasteiger partial charge in [-0.2, -0.15) is 0 Å². The molecule has 0 bridgehead atoms. The van der Waals surface area contributed by atoms with E-state index in [1.54, 1.807) is 72.4 Å². The number of pyridine rings is 1. The van der Waals surface area contributed by atoms with E-state index in [0.29, 0.717) is 48.4 Å². The zero-order valence-electron chi connectivity index (χ0n) is 48.6. The number of carbonyl (C=O) groups excluding carboxylic acids is 8. The van der Waals surface area contributed by atoms with Gasteiger partial charge in [-0.3, -0.25) is 38.7 Å². The molecule has 23 heteroatoms. The second kappa shape index (κ2) is 30.1. The lowest BCUT2D eigenvalue weighted by Gasteiger charge is -2.42. The Bertz CT molecular complexity index is 3150. The monoisotopic (exact) mass is 1170 g/mol. The fourth-order valence-corrected chi connectivity index (χ4v) is 10.2. The van der Waals surface area contributed by atoms with Crippen LogP contribution in [0, 0.1) is 23.0 Å². The van der Waals surface area contributed by atoms with Crippen molar-refractivity contribution in [3.05, 3.63) is 150 Å². The SMILES string of the molecule is CC(C)[C@H](NC(=O)CCCCCN1C(=O)C=CC1=O)C(=O)N[C@@H](CCCNC(N)=O)C(=O)Nc1ccc(COC(=O)N2CCOC[C@@H]2CCN(C(=O)c2cccnc2)[C@@H](c2nc(-c3cc(F)ccc3F)cn2Cc2ccccc2)C(C)(C)C)cc1. The Labute approximate surface area is 493 Å². The van der Waals surface area contributed by atoms with E-state index >= 15 is 4.39 Å². The summed E-state index contributed by atoms with van der Waals surface area (Å²) >= 11 is 0. The van der Waals surface area contributed by atoms with Crippen LogP contribution in [0.3, 0.4) is 0 Å². The lowest BCUT2D eigenvalue weighted by Crippen LogP contribution is -2.54. The van der Waals surface area contributed by atoms with E-state index in [2.05, 4.69) is 26.3 Å². The minimum absolute atomic E-state index is 0.0335. The highest BCUT2D eigenvalue weighted by Gasteiger charge is 2.40. The van der Waals surface area contributed by atoms with Gasteiger partial charge in [0.15, 0.2) is 0 Å². The first-order valence-electron chi connectivity index (χ1n) is 28.5. The molecule has 2 aliphatic rings. The molecule has 5 aromatic rings. The maximum absolute atomic E-state index is 15.4. The fraction of sp³-hybridized carbons (Fsp3) is 0.419. The molecule has 2 aliphatic heterocycles. The van der Waals surface area contributed by atoms with Crippen LogP contribution in [0.1, 0.15) is 113 Å². The molecule has 452 valence electrons. The van der Waals surface area contributed by atoms with Crippen molar-refractivity contribution in [2.45, 2.75) is 117 Å². The number of morpholine rings is 1. The Hall–Kier alpha value is -8.86. The molecular weight excluding hydrogens is 1100 g/mol. The molecule has 85 heavy (non-hydrogen) atoms. The summed E-state index contributed by atoms with van der Waals surface area (Å²) in [5, 5.41) is 10.8. The van der Waals surface area contributed by atoms with Crippen molar-refractivity contribution >= 4 is 53.3 Å². The number of nitrogens with one attached hydrogen (secondary N) is 4. The molecule has 6 N–H and O–H groups in total. The Morgan fingerprint density at radius 1 is 0.871 bits per heavy atom. The maximum Gasteiger partial charge on any atom is 0.410 e. The van der Waals surface area contributed by atoms with Gasteiger partial charge in [0.25, 0.3) is 17.7 Å². The van der Waals surface area contributed by atoms with E-state index in [4.69, 9.17) is 20.2 Å². The number of nitrogens with two attached hydrogens (primary N) is 1. The average Bonchev–Trinajstić information content (AvgIpc) is 3.91. The minimum Gasteiger partial charge on any atom is -0.445 e.